The van der Waals surface area contributed by atoms with E-state index < -0.39 is 0 Å². The van der Waals surface area contributed by atoms with E-state index >= 15 is 0 Å². The Hall–Kier alpha value is -1.84. The summed E-state index contributed by atoms with van der Waals surface area (Å²) in [5.74, 6) is 1.64. The van der Waals surface area contributed by atoms with Crippen molar-refractivity contribution in [1.29, 1.82) is 0 Å². The third-order valence-corrected chi connectivity index (χ3v) is 3.76. The van der Waals surface area contributed by atoms with Crippen LogP contribution in [0.2, 0.25) is 0 Å². The lowest BCUT2D eigenvalue weighted by Gasteiger charge is -2.12. The van der Waals surface area contributed by atoms with Gasteiger partial charge < -0.3 is 10.6 Å². The molecule has 0 bridgehead atoms. The average Bonchev–Trinajstić information content (AvgIpc) is 2.97. The number of benzene rings is 1. The molecule has 1 atom stereocenters. The maximum absolute atomic E-state index is 4.60. The summed E-state index contributed by atoms with van der Waals surface area (Å²) in [6.07, 6.45) is 1.20. The molecule has 1 fully saturated rings. The fourth-order valence-corrected chi connectivity index (χ4v) is 2.30. The van der Waals surface area contributed by atoms with Gasteiger partial charge in [-0.2, -0.15) is 4.98 Å². The molecule has 4 nitrogen and oxygen atoms in total. The first-order valence-electron chi connectivity index (χ1n) is 6.87. The monoisotopic (exact) mass is 256 g/mol. The first kappa shape index (κ1) is 12.2. The Morgan fingerprint density at radius 3 is 2.68 bits per heavy atom. The van der Waals surface area contributed by atoms with Crippen molar-refractivity contribution in [2.75, 3.05) is 17.2 Å². The summed E-state index contributed by atoms with van der Waals surface area (Å²) < 4.78 is 0. The maximum atomic E-state index is 4.60. The van der Waals surface area contributed by atoms with E-state index in [1.54, 1.807) is 0 Å². The number of fused-ring (bicyclic) bond motifs is 1. The van der Waals surface area contributed by atoms with Crippen LogP contribution in [0, 0.1) is 5.41 Å². The summed E-state index contributed by atoms with van der Waals surface area (Å²) in [5, 5.41) is 7.84. The predicted octanol–water partition coefficient (Wildman–Crippen LogP) is 3.27. The minimum Gasteiger partial charge on any atom is -0.366 e. The second kappa shape index (κ2) is 4.37. The first-order valence-corrected chi connectivity index (χ1v) is 6.87. The molecule has 1 heterocycles. The normalized spacial score (nSPS) is 20.3. The highest BCUT2D eigenvalue weighted by atomic mass is 15.2. The van der Waals surface area contributed by atoms with E-state index in [0.717, 1.165) is 23.3 Å². The van der Waals surface area contributed by atoms with E-state index in [1.165, 1.54) is 6.42 Å². The molecule has 1 aliphatic rings. The van der Waals surface area contributed by atoms with Gasteiger partial charge in [-0.05, 0) is 30.9 Å². The zero-order valence-electron chi connectivity index (χ0n) is 11.7. The molecule has 0 saturated heterocycles. The molecular weight excluding hydrogens is 236 g/mol. The zero-order valence-corrected chi connectivity index (χ0v) is 11.7. The number of nitrogens with one attached hydrogen (secondary N) is 2. The third-order valence-electron chi connectivity index (χ3n) is 3.76. The van der Waals surface area contributed by atoms with E-state index in [4.69, 9.17) is 0 Å². The van der Waals surface area contributed by atoms with Crippen molar-refractivity contribution in [2.45, 2.75) is 33.2 Å². The van der Waals surface area contributed by atoms with E-state index in [2.05, 4.69) is 47.4 Å². The molecule has 1 saturated carbocycles. The van der Waals surface area contributed by atoms with Crippen molar-refractivity contribution in [1.82, 2.24) is 9.97 Å². The molecule has 0 aliphatic heterocycles. The molecule has 100 valence electrons. The lowest BCUT2D eigenvalue weighted by Crippen LogP contribution is -2.12. The molecule has 1 aromatic heterocycles. The van der Waals surface area contributed by atoms with Gasteiger partial charge in [-0.3, -0.25) is 0 Å². The highest BCUT2D eigenvalue weighted by Gasteiger charge is 2.46. The van der Waals surface area contributed by atoms with Crippen LogP contribution in [0.4, 0.5) is 11.8 Å². The predicted molar refractivity (Wildman–Crippen MR) is 79.5 cm³/mol. The highest BCUT2D eigenvalue weighted by Crippen LogP contribution is 2.46. The van der Waals surface area contributed by atoms with E-state index in [9.17, 15) is 0 Å². The second-order valence-corrected chi connectivity index (χ2v) is 5.83. The van der Waals surface area contributed by atoms with E-state index in [1.807, 2.05) is 18.2 Å². The quantitative estimate of drug-likeness (QED) is 0.881. The van der Waals surface area contributed by atoms with Gasteiger partial charge in [0.1, 0.15) is 5.82 Å². The fraction of sp³-hybridized carbons (Fsp3) is 0.467. The van der Waals surface area contributed by atoms with Crippen molar-refractivity contribution in [2.24, 2.45) is 5.41 Å². The smallest absolute Gasteiger partial charge is 0.225 e. The van der Waals surface area contributed by atoms with Gasteiger partial charge in [-0.25, -0.2) is 4.98 Å². The fourth-order valence-electron chi connectivity index (χ4n) is 2.30. The molecule has 1 aromatic carbocycles. The maximum Gasteiger partial charge on any atom is 0.225 e. The minimum atomic E-state index is 0.379. The molecule has 0 radical (unpaired) electrons. The number of anilines is 2. The molecule has 2 N–H and O–H groups in total. The zero-order chi connectivity index (χ0) is 13.5. The molecule has 19 heavy (non-hydrogen) atoms. The van der Waals surface area contributed by atoms with Gasteiger partial charge in [0.25, 0.3) is 0 Å². The second-order valence-electron chi connectivity index (χ2n) is 5.83. The van der Waals surface area contributed by atoms with Crippen LogP contribution in [-0.4, -0.2) is 22.6 Å². The van der Waals surface area contributed by atoms with Gasteiger partial charge >= 0.3 is 0 Å². The molecule has 1 aliphatic carbocycles. The molecular formula is C15H20N4. The van der Waals surface area contributed by atoms with Crippen molar-refractivity contribution < 1.29 is 0 Å². The Balaban J connectivity index is 2.00. The SMILES string of the molecule is CCNc1nc(NC2CC2(C)C)c2ccccc2n1. The summed E-state index contributed by atoms with van der Waals surface area (Å²) >= 11 is 0. The molecule has 1 unspecified atom stereocenters. The minimum absolute atomic E-state index is 0.379. The van der Waals surface area contributed by atoms with Crippen molar-refractivity contribution >= 4 is 22.7 Å². The Bertz CT molecular complexity index is 606. The number of hydrogen-bond donors (Lipinski definition) is 2. The van der Waals surface area contributed by atoms with Crippen LogP contribution < -0.4 is 10.6 Å². The Kier molecular flexibility index (Phi) is 2.81. The van der Waals surface area contributed by atoms with Crippen LogP contribution in [-0.2, 0) is 0 Å². The van der Waals surface area contributed by atoms with Crippen LogP contribution in [0.15, 0.2) is 24.3 Å². The van der Waals surface area contributed by atoms with Crippen LogP contribution in [0.25, 0.3) is 10.9 Å². The Morgan fingerprint density at radius 2 is 2.00 bits per heavy atom. The average molecular weight is 256 g/mol. The summed E-state index contributed by atoms with van der Waals surface area (Å²) in [7, 11) is 0. The van der Waals surface area contributed by atoms with Gasteiger partial charge in [0, 0.05) is 18.0 Å². The highest BCUT2D eigenvalue weighted by molar-refractivity contribution is 5.90. The van der Waals surface area contributed by atoms with E-state index in [0.29, 0.717) is 17.4 Å². The van der Waals surface area contributed by atoms with Gasteiger partial charge in [-0.1, -0.05) is 26.0 Å². The van der Waals surface area contributed by atoms with E-state index in [-0.39, 0.29) is 0 Å². The molecule has 2 aromatic rings. The number of para-hydroxylation sites is 1. The molecule has 0 amide bonds. The summed E-state index contributed by atoms with van der Waals surface area (Å²) in [5.41, 5.74) is 1.36. The van der Waals surface area contributed by atoms with Crippen LogP contribution >= 0.6 is 0 Å². The van der Waals surface area contributed by atoms with Crippen LogP contribution in [0.5, 0.6) is 0 Å². The Labute approximate surface area is 113 Å². The lowest BCUT2D eigenvalue weighted by molar-refractivity contribution is 0.630. The van der Waals surface area contributed by atoms with Crippen molar-refractivity contribution in [3.05, 3.63) is 24.3 Å². The first-order chi connectivity index (χ1) is 9.10. The third kappa shape index (κ3) is 2.35. The largest absolute Gasteiger partial charge is 0.366 e. The van der Waals surface area contributed by atoms with Crippen molar-refractivity contribution in [3.8, 4) is 0 Å². The van der Waals surface area contributed by atoms with Crippen LogP contribution in [0.1, 0.15) is 27.2 Å². The van der Waals surface area contributed by atoms with Gasteiger partial charge in [0.15, 0.2) is 0 Å². The number of aromatic nitrogens is 2. The number of rotatable bonds is 4. The van der Waals surface area contributed by atoms with Crippen LogP contribution in [0.3, 0.4) is 0 Å². The standard InChI is InChI=1S/C15H20N4/c1-4-16-14-17-11-8-6-5-7-10(11)13(19-14)18-12-9-15(12,2)3/h5-8,12H,4,9H2,1-3H3,(H2,16,17,18,19). The van der Waals surface area contributed by atoms with Gasteiger partial charge in [0.05, 0.1) is 5.52 Å². The molecule has 0 spiro atoms. The van der Waals surface area contributed by atoms with Crippen molar-refractivity contribution in [3.63, 3.8) is 0 Å². The Morgan fingerprint density at radius 1 is 1.26 bits per heavy atom. The summed E-state index contributed by atoms with van der Waals surface area (Å²) in [6.45, 7) is 7.43. The van der Waals surface area contributed by atoms with Gasteiger partial charge in [0.2, 0.25) is 5.95 Å². The number of hydrogen-bond acceptors (Lipinski definition) is 4. The summed E-state index contributed by atoms with van der Waals surface area (Å²) in [6, 6.07) is 8.65. The summed E-state index contributed by atoms with van der Waals surface area (Å²) in [4.78, 5) is 9.13. The number of nitrogens with zero attached hydrogens (tertiary/aromatic N) is 2. The molecule has 4 heteroatoms. The lowest BCUT2D eigenvalue weighted by atomic mass is 10.2. The van der Waals surface area contributed by atoms with Gasteiger partial charge in [-0.15, -0.1) is 0 Å². The molecule has 3 rings (SSSR count). The topological polar surface area (TPSA) is 49.8 Å².